The maximum atomic E-state index is 13.8. The number of sulfonamides is 1. The van der Waals surface area contributed by atoms with Crippen molar-refractivity contribution in [3.05, 3.63) is 95.1 Å². The minimum Gasteiger partial charge on any atom is -0.508 e. The Bertz CT molecular complexity index is 1630. The van der Waals surface area contributed by atoms with Crippen LogP contribution in [0.15, 0.2) is 77.7 Å². The molecule has 0 heterocycles. The summed E-state index contributed by atoms with van der Waals surface area (Å²) in [6.45, 7) is 4.75. The van der Waals surface area contributed by atoms with Gasteiger partial charge in [0, 0.05) is 51.9 Å². The number of carbonyl (C=O) groups excluding carboxylic acids is 3. The molecule has 260 valence electrons. The molecular weight excluding hydrogens is 634 g/mol. The van der Waals surface area contributed by atoms with Crippen LogP contribution in [0.3, 0.4) is 0 Å². The summed E-state index contributed by atoms with van der Waals surface area (Å²) in [5.41, 5.74) is 4.24. The van der Waals surface area contributed by atoms with Crippen molar-refractivity contribution in [2.24, 2.45) is 0 Å². The Balaban J connectivity index is 1.92. The second-order valence-electron chi connectivity index (χ2n) is 11.9. The Kier molecular flexibility index (Phi) is 14.1. The average molecular weight is 682 g/mol. The van der Waals surface area contributed by atoms with Gasteiger partial charge in [0.1, 0.15) is 5.75 Å². The van der Waals surface area contributed by atoms with Crippen LogP contribution >= 0.6 is 0 Å². The highest BCUT2D eigenvalue weighted by Gasteiger charge is 2.28. The lowest BCUT2D eigenvalue weighted by Gasteiger charge is -2.28. The van der Waals surface area contributed by atoms with Crippen molar-refractivity contribution < 1.29 is 33.0 Å². The molecule has 0 aliphatic heterocycles. The number of aromatic hydroxyl groups is 1. The zero-order chi connectivity index (χ0) is 35.4. The number of aliphatic hydroxyl groups excluding tert-OH is 1. The molecule has 12 nitrogen and oxygen atoms in total. The van der Waals surface area contributed by atoms with Gasteiger partial charge in [-0.1, -0.05) is 56.3 Å². The van der Waals surface area contributed by atoms with Gasteiger partial charge in [-0.15, -0.1) is 0 Å². The van der Waals surface area contributed by atoms with E-state index in [1.807, 2.05) is 44.2 Å². The van der Waals surface area contributed by atoms with Gasteiger partial charge in [0.05, 0.1) is 23.5 Å². The largest absolute Gasteiger partial charge is 0.508 e. The molecule has 0 radical (unpaired) electrons. The van der Waals surface area contributed by atoms with Gasteiger partial charge in [-0.2, -0.15) is 0 Å². The molecule has 2 atom stereocenters. The Hall–Kier alpha value is -4.30. The standard InChI is InChI=1S/C35H47N5O7S/c1-6-17-40(18-7-2)35(45)28-21-27(22-30(23-28)48(46,47)38(3)4)34(44)36-31(19-26-13-15-29(41)16-14-26)32(42)24-39(5)37-33(43)20-25-11-9-8-10-12-25/h8-16,21-23,31-32,41-42H,6-7,17-20,24H2,1-5H3,(H,36,44)(H,37,43). The predicted octanol–water partition coefficient (Wildman–Crippen LogP) is 2.81. The smallest absolute Gasteiger partial charge is 0.253 e. The van der Waals surface area contributed by atoms with E-state index < -0.39 is 34.0 Å². The summed E-state index contributed by atoms with van der Waals surface area (Å²) in [6.07, 6.45) is 0.473. The molecule has 13 heteroatoms. The van der Waals surface area contributed by atoms with Crippen molar-refractivity contribution in [1.82, 2.24) is 25.0 Å². The van der Waals surface area contributed by atoms with Crippen LogP contribution in [-0.4, -0.2) is 103 Å². The average Bonchev–Trinajstić information content (AvgIpc) is 3.04. The Morgan fingerprint density at radius 3 is 2.02 bits per heavy atom. The summed E-state index contributed by atoms with van der Waals surface area (Å²) in [5.74, 6) is -1.32. The molecule has 0 bridgehead atoms. The van der Waals surface area contributed by atoms with Crippen molar-refractivity contribution >= 4 is 27.7 Å². The monoisotopic (exact) mass is 681 g/mol. The molecule has 0 saturated carbocycles. The summed E-state index contributed by atoms with van der Waals surface area (Å²) in [5, 5.41) is 25.4. The van der Waals surface area contributed by atoms with Crippen molar-refractivity contribution in [1.29, 1.82) is 0 Å². The molecule has 0 saturated heterocycles. The van der Waals surface area contributed by atoms with Crippen LogP contribution in [0.5, 0.6) is 5.75 Å². The first-order valence-corrected chi connectivity index (χ1v) is 17.4. The molecule has 0 spiro atoms. The van der Waals surface area contributed by atoms with Crippen molar-refractivity contribution in [2.45, 2.75) is 56.6 Å². The number of phenols is 1. The molecule has 3 amide bonds. The van der Waals surface area contributed by atoms with Gasteiger partial charge in [-0.3, -0.25) is 19.8 Å². The predicted molar refractivity (Wildman–Crippen MR) is 184 cm³/mol. The van der Waals surface area contributed by atoms with E-state index in [1.165, 1.54) is 49.4 Å². The van der Waals surface area contributed by atoms with Crippen molar-refractivity contribution in [2.75, 3.05) is 40.8 Å². The number of likely N-dealkylation sites (N-methyl/N-ethyl adjacent to an activating group) is 1. The summed E-state index contributed by atoms with van der Waals surface area (Å²) < 4.78 is 27.4. The summed E-state index contributed by atoms with van der Waals surface area (Å²) >= 11 is 0. The van der Waals surface area contributed by atoms with Gasteiger partial charge in [0.2, 0.25) is 15.9 Å². The number of nitrogens with zero attached hydrogens (tertiary/aromatic N) is 3. The molecule has 4 N–H and O–H groups in total. The van der Waals surface area contributed by atoms with Crippen molar-refractivity contribution in [3.63, 3.8) is 0 Å². The number of nitrogens with one attached hydrogen (secondary N) is 2. The van der Waals surface area contributed by atoms with Crippen LogP contribution in [0.4, 0.5) is 0 Å². The fraction of sp³-hybridized carbons (Fsp3) is 0.400. The van der Waals surface area contributed by atoms with Gasteiger partial charge < -0.3 is 20.4 Å². The number of rotatable bonds is 17. The molecule has 3 rings (SSSR count). The molecule has 3 aromatic carbocycles. The third-order valence-corrected chi connectivity index (χ3v) is 9.42. The van der Waals surface area contributed by atoms with E-state index in [9.17, 15) is 33.0 Å². The molecular formula is C35H47N5O7S. The van der Waals surface area contributed by atoms with E-state index in [-0.39, 0.29) is 47.1 Å². The SMILES string of the molecule is CCCN(CCC)C(=O)c1cc(C(=O)NC(Cc2ccc(O)cc2)C(O)CN(C)NC(=O)Cc2ccccc2)cc(S(=O)(=O)N(C)C)c1. The van der Waals surface area contributed by atoms with Gasteiger partial charge in [0.15, 0.2) is 0 Å². The highest BCUT2D eigenvalue weighted by Crippen LogP contribution is 2.21. The lowest BCUT2D eigenvalue weighted by Crippen LogP contribution is -2.52. The fourth-order valence-corrected chi connectivity index (χ4v) is 6.13. The Morgan fingerprint density at radius 1 is 0.833 bits per heavy atom. The first-order valence-electron chi connectivity index (χ1n) is 15.9. The van der Waals surface area contributed by atoms with Gasteiger partial charge in [0.25, 0.3) is 11.8 Å². The highest BCUT2D eigenvalue weighted by atomic mass is 32.2. The van der Waals surface area contributed by atoms with E-state index in [4.69, 9.17) is 0 Å². The summed E-state index contributed by atoms with van der Waals surface area (Å²) in [7, 11) is 0.299. The van der Waals surface area contributed by atoms with Crippen LogP contribution in [0.2, 0.25) is 0 Å². The number of hydrogen-bond acceptors (Lipinski definition) is 8. The first kappa shape index (κ1) is 38.2. The van der Waals surface area contributed by atoms with E-state index in [2.05, 4.69) is 10.7 Å². The van der Waals surface area contributed by atoms with E-state index in [0.29, 0.717) is 31.5 Å². The number of hydrogen-bond donors (Lipinski definition) is 4. The number of phenolic OH excluding ortho intramolecular Hbond substituents is 1. The van der Waals surface area contributed by atoms with Crippen LogP contribution in [0.1, 0.15) is 58.5 Å². The van der Waals surface area contributed by atoms with Crippen LogP contribution in [0, 0.1) is 0 Å². The zero-order valence-electron chi connectivity index (χ0n) is 28.2. The number of aliphatic hydroxyl groups is 1. The molecule has 0 aliphatic rings. The third kappa shape index (κ3) is 10.9. The minimum absolute atomic E-state index is 0.0528. The number of hydrazine groups is 1. The maximum absolute atomic E-state index is 13.8. The van der Waals surface area contributed by atoms with Crippen LogP contribution in [-0.2, 0) is 27.7 Å². The second kappa shape index (κ2) is 17.7. The molecule has 2 unspecified atom stereocenters. The Labute approximate surface area is 283 Å². The summed E-state index contributed by atoms with van der Waals surface area (Å²) in [6, 6.07) is 18.4. The normalized spacial score (nSPS) is 12.8. The number of carbonyl (C=O) groups is 3. The maximum Gasteiger partial charge on any atom is 0.253 e. The van der Waals surface area contributed by atoms with Gasteiger partial charge in [-0.25, -0.2) is 17.7 Å². The molecule has 0 fully saturated rings. The molecule has 0 aromatic heterocycles. The zero-order valence-corrected chi connectivity index (χ0v) is 29.0. The van der Waals surface area contributed by atoms with E-state index in [0.717, 1.165) is 9.87 Å². The van der Waals surface area contributed by atoms with E-state index >= 15 is 0 Å². The highest BCUT2D eigenvalue weighted by molar-refractivity contribution is 7.89. The minimum atomic E-state index is -4.02. The fourth-order valence-electron chi connectivity index (χ4n) is 5.16. The lowest BCUT2D eigenvalue weighted by molar-refractivity contribution is -0.125. The number of benzene rings is 3. The first-order chi connectivity index (χ1) is 22.7. The number of amides is 3. The lowest BCUT2D eigenvalue weighted by atomic mass is 10.00. The van der Waals surface area contributed by atoms with Gasteiger partial charge >= 0.3 is 0 Å². The topological polar surface area (TPSA) is 160 Å². The third-order valence-electron chi connectivity index (χ3n) is 7.63. The van der Waals surface area contributed by atoms with Gasteiger partial charge in [-0.05, 0) is 60.7 Å². The molecule has 3 aromatic rings. The molecule has 48 heavy (non-hydrogen) atoms. The van der Waals surface area contributed by atoms with E-state index in [1.54, 1.807) is 24.1 Å². The van der Waals surface area contributed by atoms with Crippen LogP contribution < -0.4 is 10.7 Å². The molecule has 0 aliphatic carbocycles. The second-order valence-corrected chi connectivity index (χ2v) is 14.1. The van der Waals surface area contributed by atoms with Crippen LogP contribution in [0.25, 0.3) is 0 Å². The Morgan fingerprint density at radius 2 is 1.44 bits per heavy atom. The quantitative estimate of drug-likeness (QED) is 0.158. The summed E-state index contributed by atoms with van der Waals surface area (Å²) in [4.78, 5) is 41.4. The van der Waals surface area contributed by atoms with Crippen molar-refractivity contribution in [3.8, 4) is 5.75 Å².